The van der Waals surface area contributed by atoms with E-state index in [0.717, 1.165) is 5.82 Å². The van der Waals surface area contributed by atoms with E-state index in [1.165, 1.54) is 0 Å². The van der Waals surface area contributed by atoms with Crippen molar-refractivity contribution in [3.05, 3.63) is 12.3 Å². The highest BCUT2D eigenvalue weighted by Gasteiger charge is 2.38. The van der Waals surface area contributed by atoms with E-state index < -0.39 is 11.9 Å². The van der Waals surface area contributed by atoms with Gasteiger partial charge in [0.1, 0.15) is 11.7 Å². The quantitative estimate of drug-likeness (QED) is 0.839. The van der Waals surface area contributed by atoms with Crippen LogP contribution < -0.4 is 9.80 Å². The van der Waals surface area contributed by atoms with Crippen LogP contribution in [0.2, 0.25) is 0 Å². The number of likely N-dealkylation sites (N-methyl/N-ethyl adjacent to an activating group) is 1. The Hall–Kier alpha value is -1.89. The lowest BCUT2D eigenvalue weighted by atomic mass is 10.0. The molecule has 0 spiro atoms. The molecule has 20 heavy (non-hydrogen) atoms. The highest BCUT2D eigenvalue weighted by molar-refractivity contribution is 5.72. The Bertz CT molecular complexity index is 480. The van der Waals surface area contributed by atoms with Gasteiger partial charge in [0.2, 0.25) is 5.95 Å². The fourth-order valence-corrected chi connectivity index (χ4v) is 2.37. The number of carboxylic acids is 1. The molecule has 1 aliphatic heterocycles. The van der Waals surface area contributed by atoms with Crippen molar-refractivity contribution in [1.82, 2.24) is 9.97 Å². The first-order chi connectivity index (χ1) is 9.54. The number of carbonyl (C=O) groups is 1. The van der Waals surface area contributed by atoms with Gasteiger partial charge in [0.25, 0.3) is 0 Å². The predicted octanol–water partition coefficient (Wildman–Crippen LogP) is 0.469. The third-order valence-electron chi connectivity index (χ3n) is 3.43. The average Bonchev–Trinajstić information content (AvgIpc) is 2.89. The molecule has 0 saturated carbocycles. The van der Waals surface area contributed by atoms with Crippen molar-refractivity contribution in [3.63, 3.8) is 0 Å². The molecule has 7 heteroatoms. The van der Waals surface area contributed by atoms with Gasteiger partial charge in [-0.3, -0.25) is 4.79 Å². The molecule has 7 nitrogen and oxygen atoms in total. The summed E-state index contributed by atoms with van der Waals surface area (Å²) in [6.07, 6.45) is 1.69. The first-order valence-electron chi connectivity index (χ1n) is 6.62. The maximum Gasteiger partial charge on any atom is 0.311 e. The highest BCUT2D eigenvalue weighted by atomic mass is 16.5. The SMILES string of the molecule is CCN(c1ccnc(N(C)C)n1)C1COCC1C(=O)O. The van der Waals surface area contributed by atoms with Crippen LogP contribution in [0, 0.1) is 5.92 Å². The summed E-state index contributed by atoms with van der Waals surface area (Å²) in [5.41, 5.74) is 0. The van der Waals surface area contributed by atoms with Gasteiger partial charge in [0, 0.05) is 26.8 Å². The summed E-state index contributed by atoms with van der Waals surface area (Å²) in [7, 11) is 3.74. The van der Waals surface area contributed by atoms with E-state index in [-0.39, 0.29) is 12.6 Å². The largest absolute Gasteiger partial charge is 0.481 e. The molecule has 1 aliphatic rings. The number of hydrogen-bond acceptors (Lipinski definition) is 6. The number of hydrogen-bond donors (Lipinski definition) is 1. The van der Waals surface area contributed by atoms with Crippen molar-refractivity contribution in [2.45, 2.75) is 13.0 Å². The summed E-state index contributed by atoms with van der Waals surface area (Å²) in [4.78, 5) is 23.7. The smallest absolute Gasteiger partial charge is 0.311 e. The number of carboxylic acid groups (broad SMARTS) is 1. The standard InChI is InChI=1S/C13H20N4O3/c1-4-17(10-8-20-7-9(10)12(18)19)11-5-6-14-13(15-11)16(2)3/h5-6,9-10H,4,7-8H2,1-3H3,(H,18,19). The van der Waals surface area contributed by atoms with Crippen LogP contribution >= 0.6 is 0 Å². The van der Waals surface area contributed by atoms with Crippen LogP contribution in [-0.4, -0.2) is 60.9 Å². The highest BCUT2D eigenvalue weighted by Crippen LogP contribution is 2.25. The van der Waals surface area contributed by atoms with Gasteiger partial charge in [-0.2, -0.15) is 4.98 Å². The minimum absolute atomic E-state index is 0.192. The lowest BCUT2D eigenvalue weighted by Gasteiger charge is -2.30. The van der Waals surface area contributed by atoms with Gasteiger partial charge in [-0.25, -0.2) is 4.98 Å². The Balaban J connectivity index is 2.27. The predicted molar refractivity (Wildman–Crippen MR) is 75.1 cm³/mol. The van der Waals surface area contributed by atoms with Gasteiger partial charge in [-0.05, 0) is 13.0 Å². The summed E-state index contributed by atoms with van der Waals surface area (Å²) in [5, 5.41) is 9.27. The zero-order valence-corrected chi connectivity index (χ0v) is 12.0. The van der Waals surface area contributed by atoms with Crippen molar-refractivity contribution in [2.75, 3.05) is 43.7 Å². The Morgan fingerprint density at radius 1 is 1.50 bits per heavy atom. The van der Waals surface area contributed by atoms with Crippen LogP contribution in [0.25, 0.3) is 0 Å². The number of aliphatic carboxylic acids is 1. The molecule has 0 bridgehead atoms. The molecule has 2 unspecified atom stereocenters. The normalized spacial score (nSPS) is 21.8. The van der Waals surface area contributed by atoms with Crippen molar-refractivity contribution in [2.24, 2.45) is 5.92 Å². The molecule has 1 saturated heterocycles. The molecule has 2 atom stereocenters. The van der Waals surface area contributed by atoms with E-state index in [1.54, 1.807) is 12.3 Å². The van der Waals surface area contributed by atoms with E-state index in [4.69, 9.17) is 4.74 Å². The lowest BCUT2D eigenvalue weighted by Crippen LogP contribution is -2.43. The Kier molecular flexibility index (Phi) is 4.39. The molecular weight excluding hydrogens is 260 g/mol. The second kappa shape index (κ2) is 6.04. The van der Waals surface area contributed by atoms with Gasteiger partial charge in [0.05, 0.1) is 19.3 Å². The second-order valence-electron chi connectivity index (χ2n) is 4.94. The van der Waals surface area contributed by atoms with Crippen LogP contribution in [0.4, 0.5) is 11.8 Å². The summed E-state index contributed by atoms with van der Waals surface area (Å²) in [6.45, 7) is 3.31. The maximum absolute atomic E-state index is 11.3. The first kappa shape index (κ1) is 14.5. The monoisotopic (exact) mass is 280 g/mol. The zero-order chi connectivity index (χ0) is 14.7. The van der Waals surface area contributed by atoms with E-state index >= 15 is 0 Å². The third kappa shape index (κ3) is 2.82. The molecule has 110 valence electrons. The van der Waals surface area contributed by atoms with Crippen molar-refractivity contribution in [3.8, 4) is 0 Å². The topological polar surface area (TPSA) is 78.8 Å². The Morgan fingerprint density at radius 2 is 2.25 bits per heavy atom. The van der Waals surface area contributed by atoms with Crippen molar-refractivity contribution in [1.29, 1.82) is 0 Å². The van der Waals surface area contributed by atoms with Gasteiger partial charge >= 0.3 is 5.97 Å². The van der Waals surface area contributed by atoms with E-state index in [1.807, 2.05) is 30.8 Å². The van der Waals surface area contributed by atoms with Gasteiger partial charge in [0.15, 0.2) is 0 Å². The van der Waals surface area contributed by atoms with Crippen LogP contribution in [0.5, 0.6) is 0 Å². The number of nitrogens with zero attached hydrogens (tertiary/aromatic N) is 4. The average molecular weight is 280 g/mol. The second-order valence-corrected chi connectivity index (χ2v) is 4.94. The lowest BCUT2D eigenvalue weighted by molar-refractivity contribution is -0.141. The third-order valence-corrected chi connectivity index (χ3v) is 3.43. The van der Waals surface area contributed by atoms with Gasteiger partial charge in [-0.15, -0.1) is 0 Å². The molecule has 1 aromatic rings. The van der Waals surface area contributed by atoms with Crippen LogP contribution in [-0.2, 0) is 9.53 Å². The summed E-state index contributed by atoms with van der Waals surface area (Å²) in [5.74, 6) is -0.0137. The molecule has 0 aliphatic carbocycles. The number of ether oxygens (including phenoxy) is 1. The molecule has 0 radical (unpaired) electrons. The van der Waals surface area contributed by atoms with Gasteiger partial charge in [-0.1, -0.05) is 0 Å². The zero-order valence-electron chi connectivity index (χ0n) is 12.0. The van der Waals surface area contributed by atoms with E-state index in [0.29, 0.717) is 19.1 Å². The minimum Gasteiger partial charge on any atom is -0.481 e. The van der Waals surface area contributed by atoms with Crippen LogP contribution in [0.3, 0.4) is 0 Å². The first-order valence-corrected chi connectivity index (χ1v) is 6.62. The molecule has 1 fully saturated rings. The Labute approximate surface area is 118 Å². The van der Waals surface area contributed by atoms with Crippen molar-refractivity contribution < 1.29 is 14.6 Å². The number of anilines is 2. The molecule has 2 rings (SSSR count). The molecule has 2 heterocycles. The molecule has 1 N–H and O–H groups in total. The molecule has 0 amide bonds. The summed E-state index contributed by atoms with van der Waals surface area (Å²) < 4.78 is 5.34. The van der Waals surface area contributed by atoms with E-state index in [9.17, 15) is 9.90 Å². The number of aromatic nitrogens is 2. The molecule has 1 aromatic heterocycles. The summed E-state index contributed by atoms with van der Waals surface area (Å²) >= 11 is 0. The van der Waals surface area contributed by atoms with E-state index in [2.05, 4.69) is 9.97 Å². The fourth-order valence-electron chi connectivity index (χ4n) is 2.37. The van der Waals surface area contributed by atoms with Crippen molar-refractivity contribution >= 4 is 17.7 Å². The van der Waals surface area contributed by atoms with Gasteiger partial charge < -0.3 is 19.6 Å². The molecule has 0 aromatic carbocycles. The van der Waals surface area contributed by atoms with Crippen LogP contribution in [0.1, 0.15) is 6.92 Å². The van der Waals surface area contributed by atoms with Crippen LogP contribution in [0.15, 0.2) is 12.3 Å². The fraction of sp³-hybridized carbons (Fsp3) is 0.615. The maximum atomic E-state index is 11.3. The Morgan fingerprint density at radius 3 is 2.85 bits per heavy atom. The number of rotatable bonds is 5. The summed E-state index contributed by atoms with van der Waals surface area (Å²) in [6, 6.07) is 1.61. The molecular formula is C13H20N4O3. The minimum atomic E-state index is -0.826.